The highest BCUT2D eigenvalue weighted by molar-refractivity contribution is 6.00. The van der Waals surface area contributed by atoms with Gasteiger partial charge in [0.2, 0.25) is 0 Å². The van der Waals surface area contributed by atoms with E-state index in [2.05, 4.69) is 18.8 Å². The average molecular weight is 431 g/mol. The summed E-state index contributed by atoms with van der Waals surface area (Å²) in [5.74, 6) is 0.268. The molecule has 0 atom stereocenters. The van der Waals surface area contributed by atoms with Crippen molar-refractivity contribution in [3.63, 3.8) is 0 Å². The number of carboxylic acid groups (broad SMARTS) is 1. The van der Waals surface area contributed by atoms with Gasteiger partial charge in [0.15, 0.2) is 11.5 Å². The molecule has 0 unspecified atom stereocenters. The maximum atomic E-state index is 12.1. The summed E-state index contributed by atoms with van der Waals surface area (Å²) in [6.45, 7) is 4.90. The zero-order valence-corrected chi connectivity index (χ0v) is 18.4. The Bertz CT molecular complexity index is 1230. The molecule has 6 heteroatoms. The van der Waals surface area contributed by atoms with Crippen molar-refractivity contribution in [3.05, 3.63) is 89.4 Å². The number of fused-ring (bicyclic) bond motifs is 1. The predicted octanol–water partition coefficient (Wildman–Crippen LogP) is 5.49. The van der Waals surface area contributed by atoms with Crippen molar-refractivity contribution < 1.29 is 19.4 Å². The van der Waals surface area contributed by atoms with Crippen molar-refractivity contribution in [2.24, 2.45) is 0 Å². The van der Waals surface area contributed by atoms with E-state index in [4.69, 9.17) is 9.47 Å². The molecule has 0 aliphatic rings. The Kier molecular flexibility index (Phi) is 6.12. The number of hydrogen-bond donors (Lipinski definition) is 1. The monoisotopic (exact) mass is 430 g/mol. The van der Waals surface area contributed by atoms with Gasteiger partial charge in [0.05, 0.1) is 24.9 Å². The molecule has 2 heterocycles. The quantitative estimate of drug-likeness (QED) is 0.400. The van der Waals surface area contributed by atoms with Crippen LogP contribution in [0.15, 0.2) is 66.9 Å². The van der Waals surface area contributed by atoms with Crippen molar-refractivity contribution in [3.8, 4) is 11.5 Å². The Labute approximate surface area is 187 Å². The third kappa shape index (κ3) is 4.17. The summed E-state index contributed by atoms with van der Waals surface area (Å²) in [7, 11) is 1.58. The van der Waals surface area contributed by atoms with Crippen LogP contribution in [-0.4, -0.2) is 27.7 Å². The van der Waals surface area contributed by atoms with Gasteiger partial charge in [-0.25, -0.2) is 4.79 Å². The van der Waals surface area contributed by atoms with Crippen LogP contribution in [0, 0.1) is 0 Å². The van der Waals surface area contributed by atoms with Gasteiger partial charge in [0, 0.05) is 11.6 Å². The molecular weight excluding hydrogens is 404 g/mol. The highest BCUT2D eigenvalue weighted by Crippen LogP contribution is 2.42. The zero-order valence-electron chi connectivity index (χ0n) is 18.4. The Balaban J connectivity index is 1.88. The number of carbonyl (C=O) groups is 1. The lowest BCUT2D eigenvalue weighted by Gasteiger charge is -2.18. The first kappa shape index (κ1) is 21.4. The number of aromatic carboxylic acids is 1. The fraction of sp³-hybridized carbons (Fsp3) is 0.231. The van der Waals surface area contributed by atoms with Gasteiger partial charge in [-0.05, 0) is 41.3 Å². The molecule has 0 amide bonds. The van der Waals surface area contributed by atoms with E-state index in [1.165, 1.54) is 0 Å². The fourth-order valence-electron chi connectivity index (χ4n) is 3.93. The first-order valence-corrected chi connectivity index (χ1v) is 10.5. The van der Waals surface area contributed by atoms with Gasteiger partial charge in [-0.3, -0.25) is 4.98 Å². The van der Waals surface area contributed by atoms with Crippen molar-refractivity contribution in [2.75, 3.05) is 7.11 Å². The van der Waals surface area contributed by atoms with Gasteiger partial charge in [-0.15, -0.1) is 0 Å². The Hall–Kier alpha value is -3.80. The molecule has 0 saturated carbocycles. The molecule has 4 aromatic rings. The number of rotatable bonds is 8. The van der Waals surface area contributed by atoms with Crippen molar-refractivity contribution >= 4 is 16.9 Å². The lowest BCUT2D eigenvalue weighted by molar-refractivity contribution is 0.0686. The topological polar surface area (TPSA) is 73.6 Å². The van der Waals surface area contributed by atoms with Crippen LogP contribution in [-0.2, 0) is 13.2 Å². The molecule has 2 aromatic carbocycles. The first-order chi connectivity index (χ1) is 15.5. The van der Waals surface area contributed by atoms with Gasteiger partial charge in [0.1, 0.15) is 12.3 Å². The minimum Gasteiger partial charge on any atom is -0.492 e. The third-order valence-corrected chi connectivity index (χ3v) is 5.45. The maximum Gasteiger partial charge on any atom is 0.352 e. The molecule has 2 aromatic heterocycles. The van der Waals surface area contributed by atoms with Crippen LogP contribution in [0.4, 0.5) is 0 Å². The van der Waals surface area contributed by atoms with Crippen molar-refractivity contribution in [2.45, 2.75) is 32.9 Å². The molecule has 4 rings (SSSR count). The summed E-state index contributed by atoms with van der Waals surface area (Å²) >= 11 is 0. The molecule has 0 aliphatic carbocycles. The highest BCUT2D eigenvalue weighted by Gasteiger charge is 2.24. The van der Waals surface area contributed by atoms with Crippen LogP contribution in [0.1, 0.15) is 47.1 Å². The van der Waals surface area contributed by atoms with E-state index < -0.39 is 5.97 Å². The van der Waals surface area contributed by atoms with Crippen LogP contribution >= 0.6 is 0 Å². The number of benzene rings is 2. The second-order valence-electron chi connectivity index (χ2n) is 7.93. The summed E-state index contributed by atoms with van der Waals surface area (Å²) < 4.78 is 13.7. The third-order valence-electron chi connectivity index (χ3n) is 5.45. The number of pyridine rings is 1. The number of aromatic nitrogens is 2. The fourth-order valence-corrected chi connectivity index (χ4v) is 3.93. The van der Waals surface area contributed by atoms with Crippen LogP contribution in [0.5, 0.6) is 11.5 Å². The summed E-state index contributed by atoms with van der Waals surface area (Å²) in [6.07, 6.45) is 1.71. The van der Waals surface area contributed by atoms with E-state index >= 15 is 0 Å². The van der Waals surface area contributed by atoms with Crippen LogP contribution < -0.4 is 9.47 Å². The van der Waals surface area contributed by atoms with Crippen LogP contribution in [0.3, 0.4) is 0 Å². The molecule has 0 aliphatic heterocycles. The maximum absolute atomic E-state index is 12.1. The number of nitrogens with zero attached hydrogens (tertiary/aromatic N) is 2. The van der Waals surface area contributed by atoms with Gasteiger partial charge >= 0.3 is 5.97 Å². The standard InChI is InChI=1S/C26H26N2O4/c1-17(2)20-14-23(32-16-18-9-5-4-6-10-18)25(31-3)21-13-22(26(29)30)28(24(20)21)15-19-11-7-8-12-27-19/h4-14,17H,15-16H2,1-3H3,(H,29,30). The van der Waals surface area contributed by atoms with Gasteiger partial charge in [0.25, 0.3) is 0 Å². The van der Waals surface area contributed by atoms with Crippen molar-refractivity contribution in [1.82, 2.24) is 9.55 Å². The van der Waals surface area contributed by atoms with Gasteiger partial charge in [-0.2, -0.15) is 0 Å². The summed E-state index contributed by atoms with van der Waals surface area (Å²) in [6, 6.07) is 19.2. The second kappa shape index (κ2) is 9.14. The number of ether oxygens (including phenoxy) is 2. The second-order valence-corrected chi connectivity index (χ2v) is 7.93. The smallest absolute Gasteiger partial charge is 0.352 e. The van der Waals surface area contributed by atoms with E-state index in [0.717, 1.165) is 27.7 Å². The van der Waals surface area contributed by atoms with E-state index in [9.17, 15) is 9.90 Å². The minimum absolute atomic E-state index is 0.140. The van der Waals surface area contributed by atoms with E-state index in [-0.39, 0.29) is 11.6 Å². The molecule has 164 valence electrons. The largest absolute Gasteiger partial charge is 0.492 e. The van der Waals surface area contributed by atoms with Crippen LogP contribution in [0.2, 0.25) is 0 Å². The molecule has 32 heavy (non-hydrogen) atoms. The highest BCUT2D eigenvalue weighted by atomic mass is 16.5. The van der Waals surface area contributed by atoms with E-state index in [0.29, 0.717) is 24.7 Å². The summed E-state index contributed by atoms with van der Waals surface area (Å²) in [5, 5.41) is 10.7. The molecule has 0 radical (unpaired) electrons. The predicted molar refractivity (Wildman–Crippen MR) is 124 cm³/mol. The number of hydrogen-bond acceptors (Lipinski definition) is 4. The SMILES string of the molecule is COc1c(OCc2ccccc2)cc(C(C)C)c2c1cc(C(=O)O)n2Cc1ccccn1. The zero-order chi connectivity index (χ0) is 22.7. The van der Waals surface area contributed by atoms with E-state index in [1.54, 1.807) is 23.9 Å². The minimum atomic E-state index is -0.999. The Morgan fingerprint density at radius 3 is 2.47 bits per heavy atom. The number of methoxy groups -OCH3 is 1. The number of carboxylic acids is 1. The molecule has 1 N–H and O–H groups in total. The summed E-state index contributed by atoms with van der Waals surface area (Å²) in [4.78, 5) is 16.5. The molecule has 0 spiro atoms. The molecular formula is C26H26N2O4. The van der Waals surface area contributed by atoms with Crippen LogP contribution in [0.25, 0.3) is 10.9 Å². The van der Waals surface area contributed by atoms with Gasteiger partial charge in [-0.1, -0.05) is 50.2 Å². The molecule has 6 nitrogen and oxygen atoms in total. The van der Waals surface area contributed by atoms with Crippen molar-refractivity contribution in [1.29, 1.82) is 0 Å². The summed E-state index contributed by atoms with van der Waals surface area (Å²) in [5.41, 5.74) is 3.83. The Morgan fingerprint density at radius 1 is 1.09 bits per heavy atom. The lowest BCUT2D eigenvalue weighted by Crippen LogP contribution is -2.11. The molecule has 0 fully saturated rings. The normalized spacial score (nSPS) is 11.1. The van der Waals surface area contributed by atoms with E-state index in [1.807, 2.05) is 54.6 Å². The molecule has 0 saturated heterocycles. The lowest BCUT2D eigenvalue weighted by atomic mass is 9.99. The molecule has 0 bridgehead atoms. The average Bonchev–Trinajstić information content (AvgIpc) is 3.17. The Morgan fingerprint density at radius 2 is 1.84 bits per heavy atom. The van der Waals surface area contributed by atoms with Gasteiger partial charge < -0.3 is 19.1 Å². The first-order valence-electron chi connectivity index (χ1n) is 10.5.